The summed E-state index contributed by atoms with van der Waals surface area (Å²) in [6, 6.07) is 24.6. The van der Waals surface area contributed by atoms with Gasteiger partial charge in [-0.15, -0.1) is 5.11 Å². The van der Waals surface area contributed by atoms with E-state index in [1.165, 1.54) is 12.1 Å². The molecule has 0 atom stereocenters. The Morgan fingerprint density at radius 2 is 1.23 bits per heavy atom. The molecule has 0 saturated carbocycles. The van der Waals surface area contributed by atoms with Gasteiger partial charge in [0.1, 0.15) is 10.6 Å². The second kappa shape index (κ2) is 8.71. The van der Waals surface area contributed by atoms with Gasteiger partial charge in [0, 0.05) is 16.8 Å². The van der Waals surface area contributed by atoms with Crippen LogP contribution in [0.25, 0.3) is 0 Å². The molecule has 0 fully saturated rings. The molecule has 0 radical (unpaired) electrons. The highest BCUT2D eigenvalue weighted by Crippen LogP contribution is 2.43. The number of carbonyl (C=O) groups is 2. The smallest absolute Gasteiger partial charge is 0.296 e. The van der Waals surface area contributed by atoms with Crippen LogP contribution in [0.2, 0.25) is 0 Å². The molecular weight excluding hydrogens is 466 g/mol. The molecule has 1 aliphatic carbocycles. The third-order valence-electron chi connectivity index (χ3n) is 5.49. The molecule has 0 saturated heterocycles. The monoisotopic (exact) mass is 483 g/mol. The number of fused-ring (bicyclic) bond motifs is 2. The molecule has 0 unspecified atom stereocenters. The minimum Gasteiger partial charge on any atom is -0.355 e. The lowest BCUT2D eigenvalue weighted by Gasteiger charge is -2.23. The first-order chi connectivity index (χ1) is 16.8. The number of hydrogen-bond donors (Lipinski definition) is 2. The third-order valence-corrected chi connectivity index (χ3v) is 6.35. The van der Waals surface area contributed by atoms with Crippen LogP contribution in [0.1, 0.15) is 31.8 Å². The van der Waals surface area contributed by atoms with Crippen molar-refractivity contribution >= 4 is 44.4 Å². The molecule has 0 aliphatic heterocycles. The van der Waals surface area contributed by atoms with E-state index >= 15 is 0 Å². The average molecular weight is 484 g/mol. The number of ketones is 2. The first kappa shape index (κ1) is 22.3. The van der Waals surface area contributed by atoms with E-state index in [1.807, 2.05) is 0 Å². The van der Waals surface area contributed by atoms with Gasteiger partial charge in [0.15, 0.2) is 11.6 Å². The van der Waals surface area contributed by atoms with Crippen molar-refractivity contribution in [3.63, 3.8) is 0 Å². The van der Waals surface area contributed by atoms with E-state index < -0.39 is 32.3 Å². The zero-order chi connectivity index (χ0) is 24.6. The summed E-state index contributed by atoms with van der Waals surface area (Å²) in [4.78, 5) is 26.5. The van der Waals surface area contributed by atoms with Crippen LogP contribution in [0.5, 0.6) is 0 Å². The molecule has 4 aromatic carbocycles. The second-order valence-corrected chi connectivity index (χ2v) is 9.12. The lowest BCUT2D eigenvalue weighted by molar-refractivity contribution is 0.0980. The Balaban J connectivity index is 1.83. The zero-order valence-corrected chi connectivity index (χ0v) is 18.9. The van der Waals surface area contributed by atoms with Crippen LogP contribution in [0.3, 0.4) is 0 Å². The lowest BCUT2D eigenvalue weighted by Crippen LogP contribution is -2.23. The Kier molecular flexibility index (Phi) is 5.56. The number of carbonyl (C=O) groups excluding carboxylic acids is 2. The molecule has 0 bridgehead atoms. The van der Waals surface area contributed by atoms with Gasteiger partial charge in [-0.3, -0.25) is 14.1 Å². The van der Waals surface area contributed by atoms with Gasteiger partial charge in [-0.25, -0.2) is 0 Å². The number of anilines is 2. The maximum atomic E-state index is 13.6. The molecule has 9 heteroatoms. The number of benzene rings is 4. The SMILES string of the molecule is O=C1c2ccccc2C(=O)c2c(N=Nc3ccccc3)c(S(=O)(=O)O)cc(Nc3ccccc3)c21. The van der Waals surface area contributed by atoms with Gasteiger partial charge in [0.05, 0.1) is 22.5 Å². The fourth-order valence-corrected chi connectivity index (χ4v) is 4.58. The summed E-state index contributed by atoms with van der Waals surface area (Å²) in [5.74, 6) is -1.08. The molecule has 4 aromatic rings. The van der Waals surface area contributed by atoms with Crippen molar-refractivity contribution in [2.24, 2.45) is 10.2 Å². The van der Waals surface area contributed by atoms with Gasteiger partial charge in [-0.05, 0) is 30.3 Å². The summed E-state index contributed by atoms with van der Waals surface area (Å²) in [5, 5.41) is 11.1. The fourth-order valence-electron chi connectivity index (χ4n) is 3.93. The number of nitrogens with one attached hydrogen (secondary N) is 1. The Morgan fingerprint density at radius 3 is 1.83 bits per heavy atom. The van der Waals surface area contributed by atoms with E-state index in [2.05, 4.69) is 15.5 Å². The van der Waals surface area contributed by atoms with E-state index in [9.17, 15) is 22.6 Å². The summed E-state index contributed by atoms with van der Waals surface area (Å²) >= 11 is 0. The lowest BCUT2D eigenvalue weighted by atomic mass is 9.82. The molecule has 0 spiro atoms. The maximum Gasteiger partial charge on any atom is 0.296 e. The summed E-state index contributed by atoms with van der Waals surface area (Å²) < 4.78 is 34.9. The molecule has 0 aromatic heterocycles. The predicted octanol–water partition coefficient (Wildman–Crippen LogP) is 5.87. The molecule has 5 rings (SSSR count). The van der Waals surface area contributed by atoms with Crippen LogP contribution >= 0.6 is 0 Å². The number of hydrogen-bond acceptors (Lipinski definition) is 7. The first-order valence-corrected chi connectivity index (χ1v) is 11.9. The second-order valence-electron chi connectivity index (χ2n) is 7.73. The highest BCUT2D eigenvalue weighted by molar-refractivity contribution is 7.86. The third kappa shape index (κ3) is 4.14. The van der Waals surface area contributed by atoms with Gasteiger partial charge in [-0.1, -0.05) is 60.7 Å². The summed E-state index contributed by atoms with van der Waals surface area (Å²) in [6.07, 6.45) is 0. The van der Waals surface area contributed by atoms with Crippen molar-refractivity contribution in [3.8, 4) is 0 Å². The minimum absolute atomic E-state index is 0.0466. The standard InChI is InChI=1S/C26H17N3O5S/c30-25-18-13-7-8-14-19(18)26(31)23-22(25)20(27-16-9-3-1-4-10-16)15-21(35(32,33)34)24(23)29-28-17-11-5-2-6-12-17/h1-15,27H,(H,32,33,34). The van der Waals surface area contributed by atoms with Crippen LogP contribution in [0.4, 0.5) is 22.7 Å². The van der Waals surface area contributed by atoms with E-state index in [1.54, 1.807) is 72.8 Å². The van der Waals surface area contributed by atoms with Gasteiger partial charge in [-0.2, -0.15) is 13.5 Å². The predicted molar refractivity (Wildman–Crippen MR) is 130 cm³/mol. The fraction of sp³-hybridized carbons (Fsp3) is 0. The Hall–Kier alpha value is -4.47. The molecule has 0 amide bonds. The summed E-state index contributed by atoms with van der Waals surface area (Å²) in [5.41, 5.74) is 0.584. The van der Waals surface area contributed by atoms with Crippen LogP contribution < -0.4 is 5.32 Å². The quantitative estimate of drug-likeness (QED) is 0.238. The van der Waals surface area contributed by atoms with Gasteiger partial charge in [0.2, 0.25) is 0 Å². The maximum absolute atomic E-state index is 13.6. The number of azo groups is 1. The Morgan fingerprint density at radius 1 is 0.686 bits per heavy atom. The summed E-state index contributed by atoms with van der Waals surface area (Å²) in [6.45, 7) is 0. The largest absolute Gasteiger partial charge is 0.355 e. The Bertz CT molecular complexity index is 1620. The highest BCUT2D eigenvalue weighted by atomic mass is 32.2. The topological polar surface area (TPSA) is 125 Å². The van der Waals surface area contributed by atoms with Gasteiger partial charge >= 0.3 is 0 Å². The van der Waals surface area contributed by atoms with Crippen molar-refractivity contribution in [1.82, 2.24) is 0 Å². The Labute approximate surface area is 200 Å². The first-order valence-electron chi connectivity index (χ1n) is 10.5. The van der Waals surface area contributed by atoms with Crippen molar-refractivity contribution in [3.05, 3.63) is 113 Å². The molecule has 8 nitrogen and oxygen atoms in total. The van der Waals surface area contributed by atoms with Crippen LogP contribution in [-0.2, 0) is 10.1 Å². The highest BCUT2D eigenvalue weighted by Gasteiger charge is 2.37. The van der Waals surface area contributed by atoms with E-state index in [0.29, 0.717) is 11.4 Å². The van der Waals surface area contributed by atoms with E-state index in [0.717, 1.165) is 6.07 Å². The molecular formula is C26H17N3O5S. The van der Waals surface area contributed by atoms with Gasteiger partial charge < -0.3 is 5.32 Å². The van der Waals surface area contributed by atoms with Gasteiger partial charge in [0.25, 0.3) is 10.1 Å². The number of nitrogens with zero attached hydrogens (tertiary/aromatic N) is 2. The van der Waals surface area contributed by atoms with Crippen molar-refractivity contribution < 1.29 is 22.6 Å². The normalized spacial score (nSPS) is 12.9. The van der Waals surface area contributed by atoms with Crippen molar-refractivity contribution in [2.75, 3.05) is 5.32 Å². The van der Waals surface area contributed by atoms with E-state index in [-0.39, 0.29) is 27.9 Å². The molecule has 172 valence electrons. The molecule has 0 heterocycles. The van der Waals surface area contributed by atoms with Crippen LogP contribution in [-0.4, -0.2) is 24.5 Å². The van der Waals surface area contributed by atoms with E-state index in [4.69, 9.17) is 0 Å². The molecule has 2 N–H and O–H groups in total. The van der Waals surface area contributed by atoms with Crippen molar-refractivity contribution in [1.29, 1.82) is 0 Å². The molecule has 35 heavy (non-hydrogen) atoms. The van der Waals surface area contributed by atoms with Crippen LogP contribution in [0, 0.1) is 0 Å². The minimum atomic E-state index is -4.86. The average Bonchev–Trinajstić information content (AvgIpc) is 2.86. The summed E-state index contributed by atoms with van der Waals surface area (Å²) in [7, 11) is -4.86. The number of rotatable bonds is 5. The van der Waals surface area contributed by atoms with Crippen molar-refractivity contribution in [2.45, 2.75) is 4.90 Å². The van der Waals surface area contributed by atoms with Crippen LogP contribution in [0.15, 0.2) is 106 Å². The molecule has 1 aliphatic rings. The zero-order valence-electron chi connectivity index (χ0n) is 18.0. The number of para-hydroxylation sites is 1.